The number of halogens is 1. The molecular weight excluding hydrogens is 209 g/mol. The van der Waals surface area contributed by atoms with Crippen LogP contribution in [0.25, 0.3) is 10.9 Å². The van der Waals surface area contributed by atoms with Crippen LogP contribution in [0.4, 0.5) is 4.39 Å². The van der Waals surface area contributed by atoms with Crippen LogP contribution in [0.15, 0.2) is 12.1 Å². The SMILES string of the molecule is COc1c(F)ccc2[nH]c(C)c(C(C)=O)c12. The van der Waals surface area contributed by atoms with Gasteiger partial charge in [0.2, 0.25) is 0 Å². The van der Waals surface area contributed by atoms with E-state index in [-0.39, 0.29) is 11.5 Å². The van der Waals surface area contributed by atoms with E-state index in [1.807, 2.05) is 0 Å². The highest BCUT2D eigenvalue weighted by molar-refractivity contribution is 6.10. The first kappa shape index (κ1) is 10.7. The molecule has 0 aliphatic rings. The standard InChI is InChI=1S/C12H12FNO2/c1-6-10(7(2)15)11-9(14-6)5-4-8(13)12(11)16-3/h4-5,14H,1-3H3. The van der Waals surface area contributed by atoms with Gasteiger partial charge in [-0.3, -0.25) is 4.79 Å². The number of Topliss-reactive ketones (excluding diaryl/α,β-unsaturated/α-hetero) is 1. The fourth-order valence-electron chi connectivity index (χ4n) is 2.00. The van der Waals surface area contributed by atoms with Gasteiger partial charge in [0, 0.05) is 11.3 Å². The van der Waals surface area contributed by atoms with Gasteiger partial charge in [0.05, 0.1) is 18.0 Å². The summed E-state index contributed by atoms with van der Waals surface area (Å²) < 4.78 is 18.5. The van der Waals surface area contributed by atoms with Crippen molar-refractivity contribution in [3.8, 4) is 5.75 Å². The zero-order chi connectivity index (χ0) is 11.9. The van der Waals surface area contributed by atoms with Crippen LogP contribution in [0.3, 0.4) is 0 Å². The maximum atomic E-state index is 13.5. The molecule has 84 valence electrons. The highest BCUT2D eigenvalue weighted by atomic mass is 19.1. The lowest BCUT2D eigenvalue weighted by Crippen LogP contribution is -1.96. The summed E-state index contributed by atoms with van der Waals surface area (Å²) in [6, 6.07) is 2.92. The van der Waals surface area contributed by atoms with E-state index in [9.17, 15) is 9.18 Å². The van der Waals surface area contributed by atoms with Crippen molar-refractivity contribution in [2.24, 2.45) is 0 Å². The summed E-state index contributed by atoms with van der Waals surface area (Å²) in [5.41, 5.74) is 1.93. The maximum Gasteiger partial charge on any atom is 0.165 e. The second kappa shape index (κ2) is 3.63. The number of aryl methyl sites for hydroxylation is 1. The third-order valence-electron chi connectivity index (χ3n) is 2.61. The molecule has 1 N–H and O–H groups in total. The molecule has 0 atom stereocenters. The molecule has 1 heterocycles. The molecule has 2 aromatic rings. The van der Waals surface area contributed by atoms with Gasteiger partial charge in [-0.15, -0.1) is 0 Å². The molecule has 0 unspecified atom stereocenters. The Morgan fingerprint density at radius 1 is 1.44 bits per heavy atom. The predicted molar refractivity (Wildman–Crippen MR) is 59.6 cm³/mol. The van der Waals surface area contributed by atoms with Gasteiger partial charge < -0.3 is 9.72 Å². The lowest BCUT2D eigenvalue weighted by atomic mass is 10.1. The number of nitrogens with one attached hydrogen (secondary N) is 1. The van der Waals surface area contributed by atoms with E-state index in [2.05, 4.69) is 4.98 Å². The van der Waals surface area contributed by atoms with Crippen molar-refractivity contribution in [3.63, 3.8) is 0 Å². The van der Waals surface area contributed by atoms with E-state index >= 15 is 0 Å². The van der Waals surface area contributed by atoms with E-state index in [0.29, 0.717) is 16.5 Å². The number of hydrogen-bond donors (Lipinski definition) is 1. The number of hydrogen-bond acceptors (Lipinski definition) is 2. The van der Waals surface area contributed by atoms with Gasteiger partial charge >= 0.3 is 0 Å². The van der Waals surface area contributed by atoms with Crippen molar-refractivity contribution in [1.29, 1.82) is 0 Å². The van der Waals surface area contributed by atoms with Crippen LogP contribution in [0.1, 0.15) is 23.0 Å². The molecule has 0 fully saturated rings. The minimum atomic E-state index is -0.462. The van der Waals surface area contributed by atoms with Gasteiger partial charge in [0.15, 0.2) is 17.3 Å². The van der Waals surface area contributed by atoms with Gasteiger partial charge in [-0.2, -0.15) is 0 Å². The lowest BCUT2D eigenvalue weighted by molar-refractivity contribution is 0.101. The largest absolute Gasteiger partial charge is 0.493 e. The Bertz CT molecular complexity index is 572. The molecule has 0 saturated heterocycles. The number of aromatic nitrogens is 1. The number of carbonyl (C=O) groups is 1. The molecule has 0 spiro atoms. The second-order valence-corrected chi connectivity index (χ2v) is 3.68. The number of carbonyl (C=O) groups excluding carboxylic acids is 1. The van der Waals surface area contributed by atoms with E-state index in [0.717, 1.165) is 5.69 Å². The van der Waals surface area contributed by atoms with Crippen LogP contribution >= 0.6 is 0 Å². The predicted octanol–water partition coefficient (Wildman–Crippen LogP) is 2.83. The third-order valence-corrected chi connectivity index (χ3v) is 2.61. The monoisotopic (exact) mass is 221 g/mol. The average molecular weight is 221 g/mol. The van der Waals surface area contributed by atoms with Gasteiger partial charge in [-0.25, -0.2) is 4.39 Å². The third kappa shape index (κ3) is 1.38. The van der Waals surface area contributed by atoms with Crippen LogP contribution in [0.2, 0.25) is 0 Å². The van der Waals surface area contributed by atoms with Crippen molar-refractivity contribution in [2.45, 2.75) is 13.8 Å². The molecule has 3 nitrogen and oxygen atoms in total. The summed E-state index contributed by atoms with van der Waals surface area (Å²) in [4.78, 5) is 14.6. The summed E-state index contributed by atoms with van der Waals surface area (Å²) in [6.07, 6.45) is 0. The molecule has 2 rings (SSSR count). The first-order valence-electron chi connectivity index (χ1n) is 4.92. The Hall–Kier alpha value is -1.84. The molecule has 0 saturated carbocycles. The molecule has 16 heavy (non-hydrogen) atoms. The number of ketones is 1. The number of methoxy groups -OCH3 is 1. The number of H-pyrrole nitrogens is 1. The average Bonchev–Trinajstić information content (AvgIpc) is 2.54. The molecule has 0 bridgehead atoms. The van der Waals surface area contributed by atoms with Crippen molar-refractivity contribution in [3.05, 3.63) is 29.2 Å². The fraction of sp³-hybridized carbons (Fsp3) is 0.250. The van der Waals surface area contributed by atoms with Gasteiger partial charge in [0.25, 0.3) is 0 Å². The van der Waals surface area contributed by atoms with Gasteiger partial charge in [0.1, 0.15) is 0 Å². The van der Waals surface area contributed by atoms with Crippen LogP contribution in [-0.2, 0) is 0 Å². The molecule has 0 aliphatic carbocycles. The van der Waals surface area contributed by atoms with Crippen molar-refractivity contribution in [1.82, 2.24) is 4.98 Å². The quantitative estimate of drug-likeness (QED) is 0.792. The first-order valence-corrected chi connectivity index (χ1v) is 4.92. The van der Waals surface area contributed by atoms with E-state index in [4.69, 9.17) is 4.74 Å². The summed E-state index contributed by atoms with van der Waals surface area (Å²) in [5, 5.41) is 0.521. The highest BCUT2D eigenvalue weighted by Gasteiger charge is 2.18. The number of rotatable bonds is 2. The minimum Gasteiger partial charge on any atom is -0.493 e. The Morgan fingerprint density at radius 3 is 2.69 bits per heavy atom. The minimum absolute atomic E-state index is 0.104. The molecule has 0 amide bonds. The molecule has 4 heteroatoms. The van der Waals surface area contributed by atoms with Crippen molar-refractivity contribution in [2.75, 3.05) is 7.11 Å². The number of benzene rings is 1. The Labute approximate surface area is 92.2 Å². The van der Waals surface area contributed by atoms with Crippen LogP contribution in [0.5, 0.6) is 5.75 Å². The topological polar surface area (TPSA) is 42.1 Å². The van der Waals surface area contributed by atoms with E-state index in [1.54, 1.807) is 13.0 Å². The molecular formula is C12H12FNO2. The normalized spacial score (nSPS) is 10.8. The summed E-state index contributed by atoms with van der Waals surface area (Å²) in [5.74, 6) is -0.448. The Morgan fingerprint density at radius 2 is 2.12 bits per heavy atom. The molecule has 1 aromatic carbocycles. The zero-order valence-electron chi connectivity index (χ0n) is 9.35. The summed E-state index contributed by atoms with van der Waals surface area (Å²) in [6.45, 7) is 3.24. The van der Waals surface area contributed by atoms with E-state index < -0.39 is 5.82 Å². The van der Waals surface area contributed by atoms with Crippen LogP contribution in [0, 0.1) is 12.7 Å². The summed E-state index contributed by atoms with van der Waals surface area (Å²) >= 11 is 0. The fourth-order valence-corrected chi connectivity index (χ4v) is 2.00. The lowest BCUT2D eigenvalue weighted by Gasteiger charge is -2.04. The van der Waals surface area contributed by atoms with Crippen molar-refractivity contribution < 1.29 is 13.9 Å². The second-order valence-electron chi connectivity index (χ2n) is 3.68. The Kier molecular flexibility index (Phi) is 2.42. The van der Waals surface area contributed by atoms with Crippen LogP contribution < -0.4 is 4.74 Å². The van der Waals surface area contributed by atoms with E-state index in [1.165, 1.54) is 20.1 Å². The Balaban J connectivity index is 2.94. The number of ether oxygens (including phenoxy) is 1. The van der Waals surface area contributed by atoms with Crippen LogP contribution in [-0.4, -0.2) is 17.9 Å². The molecule has 0 radical (unpaired) electrons. The van der Waals surface area contributed by atoms with Crippen molar-refractivity contribution >= 4 is 16.7 Å². The first-order chi connectivity index (χ1) is 7.56. The summed E-state index contributed by atoms with van der Waals surface area (Å²) in [7, 11) is 1.39. The highest BCUT2D eigenvalue weighted by Crippen LogP contribution is 2.33. The smallest absolute Gasteiger partial charge is 0.165 e. The zero-order valence-corrected chi connectivity index (χ0v) is 9.35. The van der Waals surface area contributed by atoms with Gasteiger partial charge in [-0.1, -0.05) is 0 Å². The number of aromatic amines is 1. The van der Waals surface area contributed by atoms with Gasteiger partial charge in [-0.05, 0) is 26.0 Å². The molecule has 1 aromatic heterocycles. The number of fused-ring (bicyclic) bond motifs is 1. The maximum absolute atomic E-state index is 13.5. The molecule has 0 aliphatic heterocycles.